The van der Waals surface area contributed by atoms with Gasteiger partial charge in [-0.3, -0.25) is 0 Å². The second kappa shape index (κ2) is 4.02. The van der Waals surface area contributed by atoms with Crippen LogP contribution in [-0.2, 0) is 6.42 Å². The highest BCUT2D eigenvalue weighted by molar-refractivity contribution is 5.92. The molecule has 2 nitrogen and oxygen atoms in total. The van der Waals surface area contributed by atoms with Crippen molar-refractivity contribution in [2.75, 3.05) is 0 Å². The Morgan fingerprint density at radius 1 is 0.895 bits per heavy atom. The molecule has 0 N–H and O–H groups in total. The molecule has 0 saturated heterocycles. The van der Waals surface area contributed by atoms with Crippen molar-refractivity contribution in [1.29, 1.82) is 0 Å². The summed E-state index contributed by atoms with van der Waals surface area (Å²) in [6.45, 7) is 0. The molecule has 0 atom stereocenters. The molecule has 1 aromatic heterocycles. The van der Waals surface area contributed by atoms with Crippen LogP contribution in [0.4, 0.5) is 0 Å². The first-order valence-electron chi connectivity index (χ1n) is 6.32. The van der Waals surface area contributed by atoms with Gasteiger partial charge in [-0.1, -0.05) is 42.5 Å². The van der Waals surface area contributed by atoms with E-state index in [1.807, 2.05) is 30.3 Å². The molecule has 3 aromatic rings. The lowest BCUT2D eigenvalue weighted by Crippen LogP contribution is -2.01. The minimum atomic E-state index is 0.841. The van der Waals surface area contributed by atoms with Crippen LogP contribution in [0.1, 0.15) is 11.3 Å². The second-order valence-corrected chi connectivity index (χ2v) is 4.70. The SMILES string of the molecule is C1=C(c2occ3ccccc23)Cc2ccccc2O1. The Bertz CT molecular complexity index is 781. The van der Waals surface area contributed by atoms with Crippen LogP contribution in [0.15, 0.2) is 65.5 Å². The Morgan fingerprint density at radius 3 is 2.74 bits per heavy atom. The zero-order chi connectivity index (χ0) is 12.7. The highest BCUT2D eigenvalue weighted by Crippen LogP contribution is 2.34. The monoisotopic (exact) mass is 248 g/mol. The van der Waals surface area contributed by atoms with Gasteiger partial charge in [-0.2, -0.15) is 0 Å². The fourth-order valence-electron chi connectivity index (χ4n) is 2.52. The minimum Gasteiger partial charge on any atom is -0.464 e. The summed E-state index contributed by atoms with van der Waals surface area (Å²) in [7, 11) is 0. The van der Waals surface area contributed by atoms with Crippen molar-refractivity contribution in [3.8, 4) is 5.75 Å². The highest BCUT2D eigenvalue weighted by Gasteiger charge is 2.17. The quantitative estimate of drug-likeness (QED) is 0.636. The number of rotatable bonds is 1. The molecule has 0 aliphatic carbocycles. The van der Waals surface area contributed by atoms with E-state index in [0.717, 1.165) is 34.3 Å². The summed E-state index contributed by atoms with van der Waals surface area (Å²) in [5.74, 6) is 1.84. The summed E-state index contributed by atoms with van der Waals surface area (Å²) in [4.78, 5) is 0. The van der Waals surface area contributed by atoms with Gasteiger partial charge in [0.15, 0.2) is 0 Å². The van der Waals surface area contributed by atoms with Crippen molar-refractivity contribution in [2.24, 2.45) is 0 Å². The molecule has 0 amide bonds. The van der Waals surface area contributed by atoms with Gasteiger partial charge in [-0.15, -0.1) is 0 Å². The van der Waals surface area contributed by atoms with E-state index in [1.54, 1.807) is 12.5 Å². The van der Waals surface area contributed by atoms with Crippen LogP contribution in [0.3, 0.4) is 0 Å². The van der Waals surface area contributed by atoms with E-state index in [4.69, 9.17) is 9.15 Å². The molecular weight excluding hydrogens is 236 g/mol. The van der Waals surface area contributed by atoms with E-state index in [1.165, 1.54) is 5.56 Å². The van der Waals surface area contributed by atoms with Gasteiger partial charge in [0.05, 0.1) is 12.5 Å². The Morgan fingerprint density at radius 2 is 1.74 bits per heavy atom. The lowest BCUT2D eigenvalue weighted by molar-refractivity contribution is 0.463. The zero-order valence-electron chi connectivity index (χ0n) is 10.3. The van der Waals surface area contributed by atoms with Crippen LogP contribution in [0.5, 0.6) is 5.75 Å². The molecule has 92 valence electrons. The molecule has 1 aliphatic rings. The maximum atomic E-state index is 5.72. The summed E-state index contributed by atoms with van der Waals surface area (Å²) in [6, 6.07) is 16.3. The van der Waals surface area contributed by atoms with Crippen LogP contribution in [0.25, 0.3) is 16.3 Å². The fourth-order valence-corrected chi connectivity index (χ4v) is 2.52. The van der Waals surface area contributed by atoms with Crippen molar-refractivity contribution < 1.29 is 9.15 Å². The van der Waals surface area contributed by atoms with E-state index in [2.05, 4.69) is 18.2 Å². The van der Waals surface area contributed by atoms with Crippen LogP contribution in [-0.4, -0.2) is 0 Å². The van der Waals surface area contributed by atoms with Crippen molar-refractivity contribution in [2.45, 2.75) is 6.42 Å². The summed E-state index contributed by atoms with van der Waals surface area (Å²) in [5.41, 5.74) is 2.28. The van der Waals surface area contributed by atoms with Gasteiger partial charge in [0, 0.05) is 22.8 Å². The smallest absolute Gasteiger partial charge is 0.141 e. The molecule has 0 bridgehead atoms. The fraction of sp³-hybridized carbons (Fsp3) is 0.0588. The third-order valence-electron chi connectivity index (χ3n) is 3.48. The summed E-state index contributed by atoms with van der Waals surface area (Å²) in [6.07, 6.45) is 4.44. The summed E-state index contributed by atoms with van der Waals surface area (Å²) < 4.78 is 11.4. The number of benzene rings is 2. The van der Waals surface area contributed by atoms with Gasteiger partial charge in [0.1, 0.15) is 11.5 Å². The van der Waals surface area contributed by atoms with Crippen LogP contribution in [0, 0.1) is 0 Å². The average molecular weight is 248 g/mol. The second-order valence-electron chi connectivity index (χ2n) is 4.70. The van der Waals surface area contributed by atoms with Gasteiger partial charge in [-0.25, -0.2) is 0 Å². The molecule has 4 rings (SSSR count). The van der Waals surface area contributed by atoms with E-state index in [9.17, 15) is 0 Å². The summed E-state index contributed by atoms with van der Waals surface area (Å²) >= 11 is 0. The number of hydrogen-bond acceptors (Lipinski definition) is 2. The average Bonchev–Trinajstić information content (AvgIpc) is 2.91. The van der Waals surface area contributed by atoms with E-state index in [0.29, 0.717) is 0 Å². The first-order valence-corrected chi connectivity index (χ1v) is 6.32. The molecule has 0 spiro atoms. The largest absolute Gasteiger partial charge is 0.464 e. The molecule has 0 fully saturated rings. The summed E-state index contributed by atoms with van der Waals surface area (Å²) in [5, 5.41) is 2.26. The Kier molecular flexibility index (Phi) is 2.21. The zero-order valence-corrected chi connectivity index (χ0v) is 10.3. The lowest BCUT2D eigenvalue weighted by Gasteiger charge is -2.15. The molecule has 0 unspecified atom stereocenters. The van der Waals surface area contributed by atoms with E-state index >= 15 is 0 Å². The molecular formula is C17H12O2. The van der Waals surface area contributed by atoms with Crippen molar-refractivity contribution in [3.05, 3.63) is 72.4 Å². The maximum Gasteiger partial charge on any atom is 0.141 e. The standard InChI is InChI=1S/C17H12O2/c1-3-7-15-13(6-1)10-19-17(15)14-9-12-5-2-4-8-16(12)18-11-14/h1-8,10-11H,9H2. The molecule has 2 heterocycles. The van der Waals surface area contributed by atoms with Crippen LogP contribution >= 0.6 is 0 Å². The Labute approximate surface area is 110 Å². The van der Waals surface area contributed by atoms with Gasteiger partial charge >= 0.3 is 0 Å². The van der Waals surface area contributed by atoms with Gasteiger partial charge in [-0.05, 0) is 11.6 Å². The lowest BCUT2D eigenvalue weighted by atomic mass is 9.99. The predicted molar refractivity (Wildman–Crippen MR) is 75.0 cm³/mol. The number of allylic oxidation sites excluding steroid dienone is 1. The van der Waals surface area contributed by atoms with Gasteiger partial charge in [0.25, 0.3) is 0 Å². The first-order chi connectivity index (χ1) is 9.42. The Hall–Kier alpha value is -2.48. The first kappa shape index (κ1) is 10.4. The van der Waals surface area contributed by atoms with Crippen LogP contribution in [0.2, 0.25) is 0 Å². The molecule has 2 aromatic carbocycles. The third-order valence-corrected chi connectivity index (χ3v) is 3.48. The third kappa shape index (κ3) is 1.65. The van der Waals surface area contributed by atoms with Crippen LogP contribution < -0.4 is 4.74 Å². The van der Waals surface area contributed by atoms with Crippen molar-refractivity contribution >= 4 is 16.3 Å². The predicted octanol–water partition coefficient (Wildman–Crippen LogP) is 4.41. The van der Waals surface area contributed by atoms with Crippen molar-refractivity contribution in [3.63, 3.8) is 0 Å². The van der Waals surface area contributed by atoms with E-state index in [-0.39, 0.29) is 0 Å². The topological polar surface area (TPSA) is 22.4 Å². The number of fused-ring (bicyclic) bond motifs is 2. The Balaban J connectivity index is 1.81. The minimum absolute atomic E-state index is 0.841. The number of ether oxygens (including phenoxy) is 1. The molecule has 0 saturated carbocycles. The highest BCUT2D eigenvalue weighted by atomic mass is 16.5. The van der Waals surface area contributed by atoms with Gasteiger partial charge < -0.3 is 9.15 Å². The van der Waals surface area contributed by atoms with Gasteiger partial charge in [0.2, 0.25) is 0 Å². The molecule has 2 heteroatoms. The molecule has 19 heavy (non-hydrogen) atoms. The van der Waals surface area contributed by atoms with E-state index < -0.39 is 0 Å². The molecule has 1 aliphatic heterocycles. The number of furan rings is 1. The normalized spacial score (nSPS) is 13.8. The molecule has 0 radical (unpaired) electrons. The number of para-hydroxylation sites is 1. The van der Waals surface area contributed by atoms with Crippen molar-refractivity contribution in [1.82, 2.24) is 0 Å². The maximum absolute atomic E-state index is 5.72. The number of hydrogen-bond donors (Lipinski definition) is 0.